The minimum atomic E-state index is -1.78. The van der Waals surface area contributed by atoms with E-state index >= 15 is 0 Å². The standard InChI is InChI=1S/C68H127NO13/c1-3-5-7-9-11-13-15-17-19-21-23-25-27-28-30-31-33-35-37-39-41-43-45-47-49-51-57(72)56(55-79-67-65(78)63(76)66(59(54-71)81-67)82-68-64(77)62(75)61(74)58(53-70)80-68)69-60(73)52-50-48-46-44-42-40-38-36-34-32-29-26-24-22-20-18-16-14-12-10-8-6-4-2/h16,18,22,24,29,32,56-59,61-68,70-72,74-78H,3-15,17,19-21,23,25-28,30-31,33-55H2,1-2H3,(H,69,73)/b18-16-,24-22-,32-29-. The minimum Gasteiger partial charge on any atom is -0.394 e. The van der Waals surface area contributed by atoms with Crippen molar-refractivity contribution in [2.24, 2.45) is 0 Å². The third kappa shape index (κ3) is 37.7. The van der Waals surface area contributed by atoms with Gasteiger partial charge >= 0.3 is 0 Å². The van der Waals surface area contributed by atoms with Crippen molar-refractivity contribution in [2.45, 2.75) is 370 Å². The molecule has 2 heterocycles. The van der Waals surface area contributed by atoms with Crippen molar-refractivity contribution in [1.29, 1.82) is 0 Å². The van der Waals surface area contributed by atoms with Crippen LogP contribution in [0.3, 0.4) is 0 Å². The number of amides is 1. The van der Waals surface area contributed by atoms with Gasteiger partial charge < -0.3 is 65.1 Å². The molecule has 12 atom stereocenters. The second-order valence-electron chi connectivity index (χ2n) is 24.3. The first-order valence-corrected chi connectivity index (χ1v) is 34.2. The minimum absolute atomic E-state index is 0.210. The Morgan fingerprint density at radius 2 is 0.805 bits per heavy atom. The SMILES string of the molecule is CCCCCCC/C=C\C/C=C\C/C=C\CCCCCCCCCCC(=O)NC(COC1OC(CO)C(OC2OC(CO)C(O)C(O)C2O)C(O)C1O)C(O)CCCCCCCCCCCCCCCCCCCCCCCCCCC. The molecule has 0 bridgehead atoms. The smallest absolute Gasteiger partial charge is 0.220 e. The van der Waals surface area contributed by atoms with Crippen LogP contribution < -0.4 is 5.32 Å². The highest BCUT2D eigenvalue weighted by molar-refractivity contribution is 5.76. The Morgan fingerprint density at radius 1 is 0.439 bits per heavy atom. The molecule has 14 nitrogen and oxygen atoms in total. The number of allylic oxidation sites excluding steroid dienone is 6. The Kier molecular flexibility index (Phi) is 49.7. The van der Waals surface area contributed by atoms with Crippen LogP contribution in [0.5, 0.6) is 0 Å². The van der Waals surface area contributed by atoms with Crippen LogP contribution in [-0.4, -0.2) is 140 Å². The Labute approximate surface area is 500 Å². The summed E-state index contributed by atoms with van der Waals surface area (Å²) in [6.45, 7) is 2.88. The number of unbranched alkanes of at least 4 members (excludes halogenated alkanes) is 37. The second-order valence-corrected chi connectivity index (χ2v) is 24.3. The number of nitrogens with one attached hydrogen (secondary N) is 1. The van der Waals surface area contributed by atoms with Gasteiger partial charge in [0.2, 0.25) is 5.91 Å². The molecule has 9 N–H and O–H groups in total. The van der Waals surface area contributed by atoms with Crippen molar-refractivity contribution in [3.05, 3.63) is 36.5 Å². The molecule has 2 aliphatic heterocycles. The van der Waals surface area contributed by atoms with Gasteiger partial charge in [0.25, 0.3) is 0 Å². The Balaban J connectivity index is 1.70. The van der Waals surface area contributed by atoms with Crippen LogP contribution in [0.15, 0.2) is 36.5 Å². The van der Waals surface area contributed by atoms with E-state index < -0.39 is 86.8 Å². The fourth-order valence-electron chi connectivity index (χ4n) is 11.4. The van der Waals surface area contributed by atoms with Gasteiger partial charge in [-0.2, -0.15) is 0 Å². The molecule has 2 aliphatic rings. The van der Waals surface area contributed by atoms with E-state index in [1.807, 2.05) is 0 Å². The zero-order chi connectivity index (χ0) is 59.5. The first kappa shape index (κ1) is 76.3. The maximum atomic E-state index is 13.3. The highest BCUT2D eigenvalue weighted by atomic mass is 16.7. The molecule has 1 amide bonds. The average Bonchev–Trinajstić information content (AvgIpc) is 3.53. The Bertz CT molecular complexity index is 1510. The van der Waals surface area contributed by atoms with Crippen molar-refractivity contribution in [3.8, 4) is 0 Å². The van der Waals surface area contributed by atoms with Crippen LogP contribution in [0.1, 0.15) is 296 Å². The maximum absolute atomic E-state index is 13.3. The van der Waals surface area contributed by atoms with Crippen LogP contribution >= 0.6 is 0 Å². The van der Waals surface area contributed by atoms with Gasteiger partial charge in [-0.05, 0) is 51.4 Å². The van der Waals surface area contributed by atoms with Crippen LogP contribution in [0.25, 0.3) is 0 Å². The summed E-state index contributed by atoms with van der Waals surface area (Å²) >= 11 is 0. The highest BCUT2D eigenvalue weighted by Gasteiger charge is 2.51. The third-order valence-corrected chi connectivity index (χ3v) is 16.9. The summed E-state index contributed by atoms with van der Waals surface area (Å²) in [4.78, 5) is 13.3. The molecule has 0 aromatic rings. The number of aliphatic hydroxyl groups is 8. The number of rotatable bonds is 56. The molecule has 0 aliphatic carbocycles. The fraction of sp³-hybridized carbons (Fsp3) is 0.897. The molecule has 12 unspecified atom stereocenters. The van der Waals surface area contributed by atoms with Crippen LogP contribution in [0.2, 0.25) is 0 Å². The summed E-state index contributed by atoms with van der Waals surface area (Å²) < 4.78 is 22.9. The average molecular weight is 1170 g/mol. The molecule has 2 saturated heterocycles. The number of aliphatic hydroxyl groups excluding tert-OH is 8. The molecule has 0 radical (unpaired) electrons. The van der Waals surface area contributed by atoms with E-state index in [1.165, 1.54) is 199 Å². The quantitative estimate of drug-likeness (QED) is 0.0204. The van der Waals surface area contributed by atoms with Gasteiger partial charge in [-0.25, -0.2) is 0 Å². The molecule has 2 rings (SSSR count). The van der Waals surface area contributed by atoms with Gasteiger partial charge in [-0.3, -0.25) is 4.79 Å². The van der Waals surface area contributed by atoms with E-state index in [2.05, 4.69) is 55.6 Å². The fourth-order valence-corrected chi connectivity index (χ4v) is 11.4. The normalized spacial score (nSPS) is 24.1. The van der Waals surface area contributed by atoms with E-state index in [0.717, 1.165) is 64.2 Å². The van der Waals surface area contributed by atoms with E-state index in [4.69, 9.17) is 18.9 Å². The first-order valence-electron chi connectivity index (χ1n) is 34.2. The van der Waals surface area contributed by atoms with E-state index in [1.54, 1.807) is 0 Å². The molecular formula is C68H127NO13. The predicted molar refractivity (Wildman–Crippen MR) is 332 cm³/mol. The number of ether oxygens (including phenoxy) is 4. The molecule has 0 aromatic carbocycles. The Hall–Kier alpha value is -1.79. The van der Waals surface area contributed by atoms with Crippen molar-refractivity contribution >= 4 is 5.91 Å². The predicted octanol–water partition coefficient (Wildman–Crippen LogP) is 13.3. The highest BCUT2D eigenvalue weighted by Crippen LogP contribution is 2.30. The molecule has 82 heavy (non-hydrogen) atoms. The van der Waals surface area contributed by atoms with E-state index in [0.29, 0.717) is 19.3 Å². The van der Waals surface area contributed by atoms with Gasteiger partial charge in [0.1, 0.15) is 48.8 Å². The molecule has 14 heteroatoms. The molecule has 482 valence electrons. The molecule has 0 saturated carbocycles. The molecule has 0 spiro atoms. The summed E-state index contributed by atoms with van der Waals surface area (Å²) in [7, 11) is 0. The molecular weight excluding hydrogens is 1040 g/mol. The molecule has 0 aromatic heterocycles. The lowest BCUT2D eigenvalue weighted by Crippen LogP contribution is -2.65. The van der Waals surface area contributed by atoms with Crippen molar-refractivity contribution in [2.75, 3.05) is 19.8 Å². The Morgan fingerprint density at radius 3 is 1.23 bits per heavy atom. The van der Waals surface area contributed by atoms with Crippen molar-refractivity contribution in [1.82, 2.24) is 5.32 Å². The monoisotopic (exact) mass is 1170 g/mol. The summed E-state index contributed by atoms with van der Waals surface area (Å²) in [5.41, 5.74) is 0. The number of hydrogen-bond acceptors (Lipinski definition) is 13. The number of hydrogen-bond donors (Lipinski definition) is 9. The van der Waals surface area contributed by atoms with Gasteiger partial charge in [0.15, 0.2) is 12.6 Å². The van der Waals surface area contributed by atoms with Crippen LogP contribution in [0, 0.1) is 0 Å². The lowest BCUT2D eigenvalue weighted by atomic mass is 9.97. The van der Waals surface area contributed by atoms with Gasteiger partial charge in [-0.15, -0.1) is 0 Å². The van der Waals surface area contributed by atoms with E-state index in [9.17, 15) is 45.6 Å². The van der Waals surface area contributed by atoms with Gasteiger partial charge in [0.05, 0.1) is 32.0 Å². The van der Waals surface area contributed by atoms with Crippen molar-refractivity contribution < 1.29 is 64.6 Å². The maximum Gasteiger partial charge on any atom is 0.220 e. The summed E-state index contributed by atoms with van der Waals surface area (Å²) in [5, 5.41) is 87.6. The zero-order valence-electron chi connectivity index (χ0n) is 52.2. The summed E-state index contributed by atoms with van der Waals surface area (Å²) in [6, 6.07) is -0.834. The zero-order valence-corrected chi connectivity index (χ0v) is 52.2. The lowest BCUT2D eigenvalue weighted by Gasteiger charge is -2.46. The number of carbonyl (C=O) groups excluding carboxylic acids is 1. The summed E-state index contributed by atoms with van der Waals surface area (Å²) in [5.74, 6) is -0.210. The van der Waals surface area contributed by atoms with E-state index in [-0.39, 0.29) is 12.5 Å². The van der Waals surface area contributed by atoms with Gasteiger partial charge in [0, 0.05) is 6.42 Å². The lowest BCUT2D eigenvalue weighted by molar-refractivity contribution is -0.359. The second kappa shape index (κ2) is 53.4. The first-order chi connectivity index (χ1) is 40.1. The van der Waals surface area contributed by atoms with Crippen molar-refractivity contribution in [3.63, 3.8) is 0 Å². The third-order valence-electron chi connectivity index (χ3n) is 16.9. The number of carbonyl (C=O) groups is 1. The van der Waals surface area contributed by atoms with Crippen LogP contribution in [-0.2, 0) is 23.7 Å². The van der Waals surface area contributed by atoms with Gasteiger partial charge in [-0.1, -0.05) is 275 Å². The van der Waals surface area contributed by atoms with Crippen LogP contribution in [0.4, 0.5) is 0 Å². The topological polar surface area (TPSA) is 228 Å². The molecule has 2 fully saturated rings. The largest absolute Gasteiger partial charge is 0.394 e. The summed E-state index contributed by atoms with van der Waals surface area (Å²) in [6.07, 6.45) is 50.0.